The smallest absolute Gasteiger partial charge is 0.274 e. The first-order chi connectivity index (χ1) is 9.16. The van der Waals surface area contributed by atoms with E-state index >= 15 is 0 Å². The standard InChI is InChI=1S/C15H17N2OSi/c1-12-7-6-10-16-14(12)11-17-13-8-4-5-9-15(13)18-19(2)3/h4-11H,1-3H3. The van der Waals surface area contributed by atoms with Crippen molar-refractivity contribution in [2.75, 3.05) is 0 Å². The summed E-state index contributed by atoms with van der Waals surface area (Å²) in [7, 11) is -0.789. The van der Waals surface area contributed by atoms with Crippen molar-refractivity contribution in [3.05, 3.63) is 53.9 Å². The molecule has 97 valence electrons. The summed E-state index contributed by atoms with van der Waals surface area (Å²) in [5.41, 5.74) is 2.84. The topological polar surface area (TPSA) is 34.5 Å². The summed E-state index contributed by atoms with van der Waals surface area (Å²) < 4.78 is 5.83. The average molecular weight is 269 g/mol. The van der Waals surface area contributed by atoms with Crippen molar-refractivity contribution in [3.8, 4) is 5.75 Å². The minimum atomic E-state index is -0.789. The Kier molecular flexibility index (Phi) is 4.47. The average Bonchev–Trinajstić information content (AvgIpc) is 2.39. The van der Waals surface area contributed by atoms with E-state index in [2.05, 4.69) is 23.1 Å². The third kappa shape index (κ3) is 3.76. The zero-order chi connectivity index (χ0) is 13.7. The molecule has 0 saturated heterocycles. The molecule has 0 unspecified atom stereocenters. The van der Waals surface area contributed by atoms with Gasteiger partial charge in [0.1, 0.15) is 11.4 Å². The molecule has 0 fully saturated rings. The molecule has 1 heterocycles. The highest BCUT2D eigenvalue weighted by Crippen LogP contribution is 2.27. The number of aromatic nitrogens is 1. The Morgan fingerprint density at radius 2 is 1.95 bits per heavy atom. The van der Waals surface area contributed by atoms with E-state index in [4.69, 9.17) is 4.43 Å². The lowest BCUT2D eigenvalue weighted by Gasteiger charge is -2.10. The molecule has 0 N–H and O–H groups in total. The Balaban J connectivity index is 2.26. The van der Waals surface area contributed by atoms with Gasteiger partial charge in [-0.2, -0.15) is 0 Å². The molecule has 1 aromatic carbocycles. The fourth-order valence-corrected chi connectivity index (χ4v) is 2.25. The number of hydrogen-bond acceptors (Lipinski definition) is 3. The number of para-hydroxylation sites is 2. The highest BCUT2D eigenvalue weighted by Gasteiger charge is 2.05. The monoisotopic (exact) mass is 269 g/mol. The van der Waals surface area contributed by atoms with Crippen molar-refractivity contribution in [3.63, 3.8) is 0 Å². The fourth-order valence-electron chi connectivity index (χ4n) is 1.63. The maximum absolute atomic E-state index is 5.83. The zero-order valence-corrected chi connectivity index (χ0v) is 12.4. The fraction of sp³-hybridized carbons (Fsp3) is 0.200. The molecule has 0 spiro atoms. The summed E-state index contributed by atoms with van der Waals surface area (Å²) in [5.74, 6) is 0.839. The van der Waals surface area contributed by atoms with E-state index in [9.17, 15) is 0 Å². The zero-order valence-electron chi connectivity index (χ0n) is 11.4. The molecule has 4 heteroatoms. The van der Waals surface area contributed by atoms with Gasteiger partial charge in [0.15, 0.2) is 0 Å². The Morgan fingerprint density at radius 3 is 2.68 bits per heavy atom. The van der Waals surface area contributed by atoms with E-state index in [0.717, 1.165) is 22.7 Å². The van der Waals surface area contributed by atoms with Gasteiger partial charge in [0.25, 0.3) is 9.04 Å². The van der Waals surface area contributed by atoms with Crippen molar-refractivity contribution < 1.29 is 4.43 Å². The Hall–Kier alpha value is -1.94. The Morgan fingerprint density at radius 1 is 1.16 bits per heavy atom. The Bertz CT molecular complexity index is 582. The maximum atomic E-state index is 5.83. The molecule has 1 aromatic heterocycles. The van der Waals surface area contributed by atoms with Gasteiger partial charge in [0.05, 0.1) is 11.9 Å². The highest BCUT2D eigenvalue weighted by molar-refractivity contribution is 6.49. The van der Waals surface area contributed by atoms with Crippen LogP contribution in [0.3, 0.4) is 0 Å². The molecule has 0 aliphatic carbocycles. The lowest BCUT2D eigenvalue weighted by atomic mass is 10.2. The van der Waals surface area contributed by atoms with Crippen LogP contribution in [-0.4, -0.2) is 20.2 Å². The van der Waals surface area contributed by atoms with E-state index in [1.165, 1.54) is 0 Å². The van der Waals surface area contributed by atoms with Crippen molar-refractivity contribution in [1.82, 2.24) is 4.98 Å². The van der Waals surface area contributed by atoms with Crippen molar-refractivity contribution >= 4 is 20.9 Å². The quantitative estimate of drug-likeness (QED) is 0.625. The second-order valence-electron chi connectivity index (χ2n) is 4.44. The van der Waals surface area contributed by atoms with Gasteiger partial charge in [0.2, 0.25) is 0 Å². The molecular weight excluding hydrogens is 252 g/mol. The van der Waals surface area contributed by atoms with Crippen LogP contribution in [-0.2, 0) is 0 Å². The second-order valence-corrected chi connectivity index (χ2v) is 6.46. The first-order valence-electron chi connectivity index (χ1n) is 6.19. The number of aryl methyl sites for hydroxylation is 1. The lowest BCUT2D eigenvalue weighted by molar-refractivity contribution is 0.582. The van der Waals surface area contributed by atoms with Gasteiger partial charge in [-0.15, -0.1) is 0 Å². The number of nitrogens with zero attached hydrogens (tertiary/aromatic N) is 2. The predicted molar refractivity (Wildman–Crippen MR) is 80.8 cm³/mol. The van der Waals surface area contributed by atoms with Crippen molar-refractivity contribution in [1.29, 1.82) is 0 Å². The van der Waals surface area contributed by atoms with Gasteiger partial charge in [-0.3, -0.25) is 9.98 Å². The molecule has 2 aromatic rings. The molecule has 0 aliphatic heterocycles. The van der Waals surface area contributed by atoms with Crippen molar-refractivity contribution in [2.24, 2.45) is 4.99 Å². The molecule has 1 radical (unpaired) electrons. The van der Waals surface area contributed by atoms with Crippen molar-refractivity contribution in [2.45, 2.75) is 20.0 Å². The predicted octanol–water partition coefficient (Wildman–Crippen LogP) is 3.77. The van der Waals surface area contributed by atoms with E-state index in [1.54, 1.807) is 12.4 Å². The van der Waals surface area contributed by atoms with E-state index in [-0.39, 0.29) is 0 Å². The molecule has 2 rings (SSSR count). The highest BCUT2D eigenvalue weighted by atomic mass is 28.3. The second kappa shape index (κ2) is 6.29. The summed E-state index contributed by atoms with van der Waals surface area (Å²) >= 11 is 0. The van der Waals surface area contributed by atoms with Gasteiger partial charge in [-0.25, -0.2) is 0 Å². The minimum Gasteiger partial charge on any atom is -0.541 e. The molecule has 0 atom stereocenters. The first kappa shape index (κ1) is 13.5. The van der Waals surface area contributed by atoms with Crippen LogP contribution in [0.4, 0.5) is 5.69 Å². The molecule has 0 aliphatic rings. The summed E-state index contributed by atoms with van der Waals surface area (Å²) in [5, 5.41) is 0. The normalized spacial score (nSPS) is 11.2. The third-order valence-electron chi connectivity index (χ3n) is 2.56. The van der Waals surface area contributed by atoms with Crippen LogP contribution in [0.1, 0.15) is 11.3 Å². The van der Waals surface area contributed by atoms with Gasteiger partial charge < -0.3 is 4.43 Å². The van der Waals surface area contributed by atoms with Gasteiger partial charge in [0, 0.05) is 6.20 Å². The number of aliphatic imine (C=N–C) groups is 1. The number of pyridine rings is 1. The van der Waals surface area contributed by atoms with Crippen LogP contribution in [0.25, 0.3) is 0 Å². The lowest BCUT2D eigenvalue weighted by Crippen LogP contribution is -2.11. The largest absolute Gasteiger partial charge is 0.541 e. The van der Waals surface area contributed by atoms with Gasteiger partial charge >= 0.3 is 0 Å². The SMILES string of the molecule is Cc1cccnc1C=Nc1ccccc1O[Si](C)C. The maximum Gasteiger partial charge on any atom is 0.274 e. The number of rotatable bonds is 4. The first-order valence-corrected chi connectivity index (χ1v) is 8.60. The Labute approximate surface area is 115 Å². The van der Waals surface area contributed by atoms with Gasteiger partial charge in [-0.05, 0) is 43.8 Å². The van der Waals surface area contributed by atoms with Crippen LogP contribution < -0.4 is 4.43 Å². The number of hydrogen-bond donors (Lipinski definition) is 0. The van der Waals surface area contributed by atoms with E-state index in [1.807, 2.05) is 43.3 Å². The summed E-state index contributed by atoms with van der Waals surface area (Å²) in [6.07, 6.45) is 3.56. The number of benzene rings is 1. The molecule has 0 saturated carbocycles. The summed E-state index contributed by atoms with van der Waals surface area (Å²) in [4.78, 5) is 8.79. The molecule has 0 amide bonds. The molecule has 19 heavy (non-hydrogen) atoms. The van der Waals surface area contributed by atoms with Crippen LogP contribution in [0, 0.1) is 6.92 Å². The van der Waals surface area contributed by atoms with Crippen LogP contribution >= 0.6 is 0 Å². The van der Waals surface area contributed by atoms with Crippen LogP contribution in [0.15, 0.2) is 47.6 Å². The van der Waals surface area contributed by atoms with Crippen LogP contribution in [0.2, 0.25) is 13.1 Å². The van der Waals surface area contributed by atoms with E-state index in [0.29, 0.717) is 0 Å². The third-order valence-corrected chi connectivity index (χ3v) is 3.18. The molecular formula is C15H17N2OSi. The minimum absolute atomic E-state index is 0.789. The molecule has 3 nitrogen and oxygen atoms in total. The summed E-state index contributed by atoms with van der Waals surface area (Å²) in [6, 6.07) is 11.8. The van der Waals surface area contributed by atoms with Gasteiger partial charge in [-0.1, -0.05) is 18.2 Å². The molecule has 0 bridgehead atoms. The summed E-state index contributed by atoms with van der Waals surface area (Å²) in [6.45, 7) is 6.23. The van der Waals surface area contributed by atoms with Crippen LogP contribution in [0.5, 0.6) is 5.75 Å². The van der Waals surface area contributed by atoms with E-state index < -0.39 is 9.04 Å².